The number of amides is 1. The van der Waals surface area contributed by atoms with Gasteiger partial charge in [-0.2, -0.15) is 0 Å². The topological polar surface area (TPSA) is 72.5 Å². The van der Waals surface area contributed by atoms with Gasteiger partial charge in [-0.3, -0.25) is 4.79 Å². The van der Waals surface area contributed by atoms with Crippen molar-refractivity contribution in [2.75, 3.05) is 0 Å². The summed E-state index contributed by atoms with van der Waals surface area (Å²) in [7, 11) is -3.49. The summed E-state index contributed by atoms with van der Waals surface area (Å²) in [5.41, 5.74) is 2.94. The number of carbonyl (C=O) groups excluding carboxylic acids is 1. The molecule has 0 aliphatic heterocycles. The molecule has 0 atom stereocenters. The van der Waals surface area contributed by atoms with Gasteiger partial charge in [-0.05, 0) is 53.1 Å². The van der Waals surface area contributed by atoms with Crippen molar-refractivity contribution in [1.82, 2.24) is 5.32 Å². The lowest BCUT2D eigenvalue weighted by molar-refractivity contribution is 0.0950. The highest BCUT2D eigenvalue weighted by Gasteiger charge is 2.16. The molecular formula is C28H25NO4S. The van der Waals surface area contributed by atoms with Crippen molar-refractivity contribution in [3.05, 3.63) is 131 Å². The van der Waals surface area contributed by atoms with Gasteiger partial charge in [-0.15, -0.1) is 0 Å². The van der Waals surface area contributed by atoms with Gasteiger partial charge in [0.05, 0.1) is 10.6 Å². The van der Waals surface area contributed by atoms with Crippen molar-refractivity contribution >= 4 is 15.7 Å². The molecule has 0 aliphatic rings. The Bertz CT molecular complexity index is 1350. The van der Waals surface area contributed by atoms with Crippen LogP contribution < -0.4 is 10.1 Å². The predicted octanol–water partition coefficient (Wildman–Crippen LogP) is 5.17. The fraction of sp³-hybridized carbons (Fsp3) is 0.107. The standard InChI is InChI=1S/C28H25NO4S/c30-28(25-12-8-11-24(18-25)21-34(31,32)27-15-5-2-6-16-27)29-19-22-9-7-10-23(17-22)20-33-26-13-3-1-4-14-26/h1-18H,19-21H2,(H,29,30). The highest BCUT2D eigenvalue weighted by Crippen LogP contribution is 2.17. The van der Waals surface area contributed by atoms with Crippen molar-refractivity contribution in [2.24, 2.45) is 0 Å². The number of rotatable bonds is 9. The fourth-order valence-corrected chi connectivity index (χ4v) is 4.89. The lowest BCUT2D eigenvalue weighted by Crippen LogP contribution is -2.23. The number of hydrogen-bond donors (Lipinski definition) is 1. The van der Waals surface area contributed by atoms with Gasteiger partial charge in [-0.1, -0.05) is 72.8 Å². The highest BCUT2D eigenvalue weighted by molar-refractivity contribution is 7.90. The maximum absolute atomic E-state index is 12.7. The molecule has 0 saturated heterocycles. The Morgan fingerprint density at radius 3 is 2.12 bits per heavy atom. The van der Waals surface area contributed by atoms with Gasteiger partial charge < -0.3 is 10.1 Å². The minimum absolute atomic E-state index is 0.165. The van der Waals surface area contributed by atoms with Crippen LogP contribution in [0.3, 0.4) is 0 Å². The Morgan fingerprint density at radius 2 is 1.35 bits per heavy atom. The van der Waals surface area contributed by atoms with Crippen LogP contribution in [0, 0.1) is 0 Å². The Morgan fingerprint density at radius 1 is 0.706 bits per heavy atom. The van der Waals surface area contributed by atoms with E-state index in [-0.39, 0.29) is 16.6 Å². The third kappa shape index (κ3) is 6.33. The summed E-state index contributed by atoms with van der Waals surface area (Å²) in [4.78, 5) is 13.0. The molecule has 0 unspecified atom stereocenters. The van der Waals surface area contributed by atoms with Crippen molar-refractivity contribution in [3.8, 4) is 5.75 Å². The van der Waals surface area contributed by atoms with E-state index < -0.39 is 9.84 Å². The lowest BCUT2D eigenvalue weighted by Gasteiger charge is -2.10. The summed E-state index contributed by atoms with van der Waals surface area (Å²) in [6.07, 6.45) is 0. The minimum atomic E-state index is -3.49. The lowest BCUT2D eigenvalue weighted by atomic mass is 10.1. The third-order valence-electron chi connectivity index (χ3n) is 5.24. The second kappa shape index (κ2) is 10.8. The van der Waals surface area contributed by atoms with Crippen molar-refractivity contribution in [3.63, 3.8) is 0 Å². The number of nitrogens with one attached hydrogen (secondary N) is 1. The fourth-order valence-electron chi connectivity index (χ4n) is 3.53. The van der Waals surface area contributed by atoms with Crippen LogP contribution in [0.4, 0.5) is 0 Å². The number of benzene rings is 4. The molecule has 6 heteroatoms. The molecule has 172 valence electrons. The van der Waals surface area contributed by atoms with Crippen molar-refractivity contribution < 1.29 is 17.9 Å². The highest BCUT2D eigenvalue weighted by atomic mass is 32.2. The first-order valence-electron chi connectivity index (χ1n) is 10.9. The van der Waals surface area contributed by atoms with Gasteiger partial charge in [0.1, 0.15) is 12.4 Å². The largest absolute Gasteiger partial charge is 0.489 e. The summed E-state index contributed by atoms with van der Waals surface area (Å²) in [5, 5.41) is 2.91. The second-order valence-corrected chi connectivity index (χ2v) is 9.87. The summed E-state index contributed by atoms with van der Waals surface area (Å²) < 4.78 is 31.1. The van der Waals surface area contributed by atoms with E-state index in [1.807, 2.05) is 54.6 Å². The number of carbonyl (C=O) groups is 1. The molecule has 5 nitrogen and oxygen atoms in total. The third-order valence-corrected chi connectivity index (χ3v) is 6.95. The van der Waals surface area contributed by atoms with Crippen LogP contribution in [0.25, 0.3) is 0 Å². The zero-order valence-electron chi connectivity index (χ0n) is 18.6. The van der Waals surface area contributed by atoms with Crippen LogP contribution in [0.5, 0.6) is 5.75 Å². The number of sulfone groups is 1. The molecule has 1 N–H and O–H groups in total. The number of para-hydroxylation sites is 1. The summed E-state index contributed by atoms with van der Waals surface area (Å²) in [6, 6.07) is 32.5. The maximum Gasteiger partial charge on any atom is 0.251 e. The number of hydrogen-bond acceptors (Lipinski definition) is 4. The van der Waals surface area contributed by atoms with Gasteiger partial charge in [0.25, 0.3) is 5.91 Å². The molecule has 34 heavy (non-hydrogen) atoms. The van der Waals surface area contributed by atoms with E-state index >= 15 is 0 Å². The van der Waals surface area contributed by atoms with E-state index in [0.717, 1.165) is 16.9 Å². The minimum Gasteiger partial charge on any atom is -0.489 e. The van der Waals surface area contributed by atoms with Gasteiger partial charge >= 0.3 is 0 Å². The zero-order chi connectivity index (χ0) is 23.8. The average Bonchev–Trinajstić information content (AvgIpc) is 2.87. The molecule has 0 spiro atoms. The molecule has 0 heterocycles. The van der Waals surface area contributed by atoms with E-state index in [0.29, 0.717) is 24.3 Å². The van der Waals surface area contributed by atoms with E-state index in [4.69, 9.17) is 4.74 Å². The zero-order valence-corrected chi connectivity index (χ0v) is 19.4. The summed E-state index contributed by atoms with van der Waals surface area (Å²) >= 11 is 0. The molecule has 1 amide bonds. The first-order chi connectivity index (χ1) is 16.5. The Kier molecular flexibility index (Phi) is 7.40. The van der Waals surface area contributed by atoms with Gasteiger partial charge in [0.15, 0.2) is 9.84 Å². The first-order valence-corrected chi connectivity index (χ1v) is 12.6. The quantitative estimate of drug-likeness (QED) is 0.366. The summed E-state index contributed by atoms with van der Waals surface area (Å²) in [5.74, 6) is 0.377. The maximum atomic E-state index is 12.7. The van der Waals surface area contributed by atoms with E-state index in [2.05, 4.69) is 5.32 Å². The van der Waals surface area contributed by atoms with Gasteiger partial charge in [0.2, 0.25) is 0 Å². The van der Waals surface area contributed by atoms with Crippen LogP contribution in [-0.2, 0) is 28.7 Å². The molecule has 0 radical (unpaired) electrons. The normalized spacial score (nSPS) is 11.1. The van der Waals surface area contributed by atoms with Crippen molar-refractivity contribution in [2.45, 2.75) is 23.8 Å². The molecule has 0 saturated carbocycles. The van der Waals surface area contributed by atoms with Crippen molar-refractivity contribution in [1.29, 1.82) is 0 Å². The SMILES string of the molecule is O=C(NCc1cccc(COc2ccccc2)c1)c1cccc(CS(=O)(=O)c2ccccc2)c1. The first kappa shape index (κ1) is 23.3. The molecule has 4 aromatic carbocycles. The van der Waals surface area contributed by atoms with Crippen LogP contribution in [0.15, 0.2) is 114 Å². The molecule has 4 rings (SSSR count). The second-order valence-electron chi connectivity index (χ2n) is 7.88. The van der Waals surface area contributed by atoms with E-state index in [9.17, 15) is 13.2 Å². The van der Waals surface area contributed by atoms with Crippen LogP contribution in [-0.4, -0.2) is 14.3 Å². The van der Waals surface area contributed by atoms with Crippen LogP contribution in [0.1, 0.15) is 27.0 Å². The predicted molar refractivity (Wildman–Crippen MR) is 132 cm³/mol. The molecule has 0 bridgehead atoms. The molecule has 0 aromatic heterocycles. The monoisotopic (exact) mass is 471 g/mol. The average molecular weight is 472 g/mol. The Labute approximate surface area is 200 Å². The Hall–Kier alpha value is -3.90. The van der Waals surface area contributed by atoms with Gasteiger partial charge in [0, 0.05) is 12.1 Å². The molecule has 0 fully saturated rings. The molecular weight excluding hydrogens is 446 g/mol. The van der Waals surface area contributed by atoms with Crippen LogP contribution in [0.2, 0.25) is 0 Å². The van der Waals surface area contributed by atoms with Crippen LogP contribution >= 0.6 is 0 Å². The summed E-state index contributed by atoms with van der Waals surface area (Å²) in [6.45, 7) is 0.786. The molecule has 0 aliphatic carbocycles. The van der Waals surface area contributed by atoms with Gasteiger partial charge in [-0.25, -0.2) is 8.42 Å². The smallest absolute Gasteiger partial charge is 0.251 e. The number of ether oxygens (including phenoxy) is 1. The van der Waals surface area contributed by atoms with E-state index in [1.54, 1.807) is 54.6 Å². The molecule has 4 aromatic rings. The van der Waals surface area contributed by atoms with E-state index in [1.165, 1.54) is 0 Å². The Balaban J connectivity index is 1.36.